The molecule has 0 radical (unpaired) electrons. The molecule has 1 aliphatic rings. The van der Waals surface area contributed by atoms with E-state index in [0.717, 1.165) is 19.6 Å². The van der Waals surface area contributed by atoms with Crippen LogP contribution in [0, 0.1) is 21.0 Å². The summed E-state index contributed by atoms with van der Waals surface area (Å²) in [5.74, 6) is -1.56. The lowest BCUT2D eigenvalue weighted by Gasteiger charge is -2.27. The highest BCUT2D eigenvalue weighted by molar-refractivity contribution is 14.1. The Hall–Kier alpha value is -1.95. The fourth-order valence-corrected chi connectivity index (χ4v) is 4.50. The standard InChI is InChI=1S/C19H14I2N2O4/c1-9-3-4-13(5-10(9)2)23-18(26)14(17(25)22-19(23)27)7-11-6-12(20)8-15(21)16(11)24/h3-8,24H,1-2H3,(H,22,25,27)/b14-7+. The number of anilines is 1. The van der Waals surface area contributed by atoms with E-state index in [9.17, 15) is 19.5 Å². The quantitative estimate of drug-likeness (QED) is 0.317. The summed E-state index contributed by atoms with van der Waals surface area (Å²) in [6.45, 7) is 3.80. The molecule has 8 heteroatoms. The van der Waals surface area contributed by atoms with Crippen LogP contribution in [-0.4, -0.2) is 23.0 Å². The highest BCUT2D eigenvalue weighted by Crippen LogP contribution is 2.30. The molecule has 4 amide bonds. The minimum absolute atomic E-state index is 0.0289. The average Bonchev–Trinajstić information content (AvgIpc) is 2.58. The molecule has 0 spiro atoms. The van der Waals surface area contributed by atoms with Crippen LogP contribution < -0.4 is 10.2 Å². The van der Waals surface area contributed by atoms with E-state index in [0.29, 0.717) is 14.8 Å². The van der Waals surface area contributed by atoms with Crippen molar-refractivity contribution >= 4 is 74.8 Å². The Labute approximate surface area is 182 Å². The van der Waals surface area contributed by atoms with E-state index >= 15 is 0 Å². The Kier molecular flexibility index (Phi) is 5.56. The van der Waals surface area contributed by atoms with Gasteiger partial charge in [0.15, 0.2) is 0 Å². The number of rotatable bonds is 2. The lowest BCUT2D eigenvalue weighted by Crippen LogP contribution is -2.54. The minimum atomic E-state index is -0.799. The summed E-state index contributed by atoms with van der Waals surface area (Å²) >= 11 is 4.05. The first-order valence-electron chi connectivity index (χ1n) is 7.85. The summed E-state index contributed by atoms with van der Waals surface area (Å²) in [5.41, 5.74) is 2.43. The van der Waals surface area contributed by atoms with Gasteiger partial charge in [0.25, 0.3) is 11.8 Å². The predicted molar refractivity (Wildman–Crippen MR) is 118 cm³/mol. The Morgan fingerprint density at radius 2 is 1.74 bits per heavy atom. The van der Waals surface area contributed by atoms with Gasteiger partial charge < -0.3 is 5.11 Å². The monoisotopic (exact) mass is 588 g/mol. The van der Waals surface area contributed by atoms with Gasteiger partial charge in [0.1, 0.15) is 11.3 Å². The molecular formula is C19H14I2N2O4. The van der Waals surface area contributed by atoms with Gasteiger partial charge in [-0.3, -0.25) is 14.9 Å². The maximum absolute atomic E-state index is 12.9. The van der Waals surface area contributed by atoms with Crippen LogP contribution in [0.25, 0.3) is 6.08 Å². The average molecular weight is 588 g/mol. The number of barbiturate groups is 1. The van der Waals surface area contributed by atoms with Crippen LogP contribution in [0.5, 0.6) is 5.75 Å². The summed E-state index contributed by atoms with van der Waals surface area (Å²) in [4.78, 5) is 38.4. The predicted octanol–water partition coefficient (Wildman–Crippen LogP) is 3.88. The van der Waals surface area contributed by atoms with Crippen molar-refractivity contribution in [1.29, 1.82) is 0 Å². The molecule has 2 N–H and O–H groups in total. The summed E-state index contributed by atoms with van der Waals surface area (Å²) in [6, 6.07) is 7.80. The van der Waals surface area contributed by atoms with E-state index in [1.54, 1.807) is 30.3 Å². The summed E-state index contributed by atoms with van der Waals surface area (Å²) in [6.07, 6.45) is 1.30. The van der Waals surface area contributed by atoms with E-state index in [4.69, 9.17) is 0 Å². The van der Waals surface area contributed by atoms with Gasteiger partial charge >= 0.3 is 6.03 Å². The van der Waals surface area contributed by atoms with Gasteiger partial charge in [-0.25, -0.2) is 9.69 Å². The molecular weight excluding hydrogens is 574 g/mol. The van der Waals surface area contributed by atoms with Crippen molar-refractivity contribution < 1.29 is 19.5 Å². The van der Waals surface area contributed by atoms with Gasteiger partial charge in [-0.1, -0.05) is 6.07 Å². The van der Waals surface area contributed by atoms with Gasteiger partial charge in [0.2, 0.25) is 0 Å². The largest absolute Gasteiger partial charge is 0.506 e. The Morgan fingerprint density at radius 3 is 2.41 bits per heavy atom. The molecule has 138 valence electrons. The van der Waals surface area contributed by atoms with Crippen LogP contribution in [-0.2, 0) is 9.59 Å². The lowest BCUT2D eigenvalue weighted by molar-refractivity contribution is -0.122. The number of nitrogens with one attached hydrogen (secondary N) is 1. The summed E-state index contributed by atoms with van der Waals surface area (Å²) in [7, 11) is 0. The molecule has 1 heterocycles. The first-order valence-corrected chi connectivity index (χ1v) is 10.0. The smallest absolute Gasteiger partial charge is 0.335 e. The Morgan fingerprint density at radius 1 is 1.04 bits per heavy atom. The number of benzene rings is 2. The zero-order valence-electron chi connectivity index (χ0n) is 14.3. The van der Waals surface area contributed by atoms with Gasteiger partial charge in [-0.2, -0.15) is 0 Å². The van der Waals surface area contributed by atoms with Gasteiger partial charge in [0.05, 0.1) is 9.26 Å². The number of phenols is 1. The Bertz CT molecular complexity index is 1030. The van der Waals surface area contributed by atoms with E-state index < -0.39 is 17.8 Å². The van der Waals surface area contributed by atoms with Gasteiger partial charge in [-0.05, 0) is 100 Å². The molecule has 1 aliphatic heterocycles. The van der Waals surface area contributed by atoms with E-state index in [2.05, 4.69) is 27.9 Å². The zero-order chi connectivity index (χ0) is 19.9. The van der Waals surface area contributed by atoms with Crippen molar-refractivity contribution in [2.75, 3.05) is 4.90 Å². The van der Waals surface area contributed by atoms with E-state index in [1.165, 1.54) is 6.08 Å². The van der Waals surface area contributed by atoms with Crippen LogP contribution in [0.15, 0.2) is 35.9 Å². The number of hydrogen-bond acceptors (Lipinski definition) is 4. The topological polar surface area (TPSA) is 86.7 Å². The minimum Gasteiger partial charge on any atom is -0.506 e. The van der Waals surface area contributed by atoms with Crippen LogP contribution in [0.1, 0.15) is 16.7 Å². The number of hydrogen-bond donors (Lipinski definition) is 2. The number of carbonyl (C=O) groups is 3. The first kappa shape index (κ1) is 19.8. The van der Waals surface area contributed by atoms with Crippen molar-refractivity contribution in [3.63, 3.8) is 0 Å². The van der Waals surface area contributed by atoms with Crippen LogP contribution in [0.4, 0.5) is 10.5 Å². The number of phenolic OH excluding ortho intramolecular Hbond substituents is 1. The van der Waals surface area contributed by atoms with Crippen LogP contribution in [0.2, 0.25) is 0 Å². The van der Waals surface area contributed by atoms with Crippen LogP contribution in [0.3, 0.4) is 0 Å². The molecule has 0 unspecified atom stereocenters. The number of amides is 4. The summed E-state index contributed by atoms with van der Waals surface area (Å²) in [5, 5.41) is 12.4. The van der Waals surface area contributed by atoms with E-state index in [1.807, 2.05) is 36.4 Å². The molecule has 3 rings (SSSR count). The lowest BCUT2D eigenvalue weighted by atomic mass is 10.0. The molecule has 0 atom stereocenters. The van der Waals surface area contributed by atoms with Crippen molar-refractivity contribution in [3.8, 4) is 5.75 Å². The number of halogens is 2. The first-order chi connectivity index (χ1) is 12.7. The zero-order valence-corrected chi connectivity index (χ0v) is 18.7. The second kappa shape index (κ2) is 7.58. The number of carbonyl (C=O) groups excluding carboxylic acids is 3. The fourth-order valence-electron chi connectivity index (χ4n) is 2.61. The van der Waals surface area contributed by atoms with Crippen molar-refractivity contribution in [3.05, 3.63) is 59.7 Å². The molecule has 2 aromatic rings. The number of nitrogens with zero attached hydrogens (tertiary/aromatic N) is 1. The molecule has 0 bridgehead atoms. The summed E-state index contributed by atoms with van der Waals surface area (Å²) < 4.78 is 1.43. The third-order valence-corrected chi connectivity index (χ3v) is 5.65. The molecule has 0 aromatic heterocycles. The number of imide groups is 2. The van der Waals surface area contributed by atoms with Crippen molar-refractivity contribution in [2.24, 2.45) is 0 Å². The maximum atomic E-state index is 12.9. The fraction of sp³-hybridized carbons (Fsp3) is 0.105. The molecule has 6 nitrogen and oxygen atoms in total. The highest BCUT2D eigenvalue weighted by atomic mass is 127. The van der Waals surface area contributed by atoms with Gasteiger partial charge in [-0.15, -0.1) is 0 Å². The maximum Gasteiger partial charge on any atom is 0.335 e. The SMILES string of the molecule is Cc1ccc(N2C(=O)NC(=O)/C(=C\c3cc(I)cc(I)c3O)C2=O)cc1C. The van der Waals surface area contributed by atoms with Crippen LogP contribution >= 0.6 is 45.2 Å². The Balaban J connectivity index is 2.09. The molecule has 27 heavy (non-hydrogen) atoms. The molecule has 0 aliphatic carbocycles. The number of aryl methyl sites for hydroxylation is 2. The number of urea groups is 1. The normalized spacial score (nSPS) is 16.1. The second-order valence-corrected chi connectivity index (χ2v) is 8.46. The van der Waals surface area contributed by atoms with E-state index in [-0.39, 0.29) is 11.3 Å². The van der Waals surface area contributed by atoms with Crippen molar-refractivity contribution in [1.82, 2.24) is 5.32 Å². The molecule has 0 saturated carbocycles. The highest BCUT2D eigenvalue weighted by Gasteiger charge is 2.37. The molecule has 1 saturated heterocycles. The van der Waals surface area contributed by atoms with Gasteiger partial charge in [0, 0.05) is 9.13 Å². The molecule has 1 fully saturated rings. The molecule has 2 aromatic carbocycles. The second-order valence-electron chi connectivity index (χ2n) is 6.05. The number of aromatic hydroxyl groups is 1. The third-order valence-electron chi connectivity index (χ3n) is 4.21. The van der Waals surface area contributed by atoms with Crippen molar-refractivity contribution in [2.45, 2.75) is 13.8 Å². The third kappa shape index (κ3) is 3.86.